The standard InChI is InChI=1S/C39H56N6O7S/c1-25(2)35(43(7)38(49)52-34-21-40-26(3)53-34)37(48)41-29(19-27-13-11-10-12-14-27)31(46)24-45-18-17-44(23-30(45)36(47)42-39(4,5)6)22-28-15-16-32(50-8)33(20-28)51-9/h10-16,20-21,25,29-31,35,46H,17-19,22-24H2,1-9H3,(H,41,48)(H,42,47)/t29-,30-,31+,35-/m0/s1. The monoisotopic (exact) mass is 752 g/mol. The molecule has 0 unspecified atom stereocenters. The number of nitrogens with zero attached hydrogens (tertiary/aromatic N) is 4. The van der Waals surface area contributed by atoms with Crippen LogP contribution < -0.4 is 24.8 Å². The molecule has 0 aliphatic carbocycles. The number of benzene rings is 2. The summed E-state index contributed by atoms with van der Waals surface area (Å²) in [6, 6.07) is 13.2. The first kappa shape index (κ1) is 41.5. The average Bonchev–Trinajstić information content (AvgIpc) is 3.51. The van der Waals surface area contributed by atoms with Gasteiger partial charge in [0.2, 0.25) is 16.9 Å². The zero-order valence-corrected chi connectivity index (χ0v) is 33.2. The fourth-order valence-electron chi connectivity index (χ4n) is 6.55. The lowest BCUT2D eigenvalue weighted by molar-refractivity contribution is -0.132. The van der Waals surface area contributed by atoms with E-state index in [0.717, 1.165) is 16.1 Å². The highest BCUT2D eigenvalue weighted by Gasteiger charge is 2.38. The zero-order valence-electron chi connectivity index (χ0n) is 32.4. The van der Waals surface area contributed by atoms with E-state index in [9.17, 15) is 19.5 Å². The molecular weight excluding hydrogens is 697 g/mol. The molecule has 3 N–H and O–H groups in total. The van der Waals surface area contributed by atoms with Gasteiger partial charge in [-0.3, -0.25) is 24.3 Å². The van der Waals surface area contributed by atoms with Crippen LogP contribution in [0.1, 0.15) is 50.8 Å². The van der Waals surface area contributed by atoms with Crippen molar-refractivity contribution < 1.29 is 33.7 Å². The Kier molecular flexibility index (Phi) is 14.6. The number of carbonyl (C=O) groups is 3. The molecule has 4 rings (SSSR count). The number of β-amino-alcohol motifs (C(OH)–C–C–N with tert-alkyl or cyclic N) is 1. The van der Waals surface area contributed by atoms with Crippen molar-refractivity contribution in [2.75, 3.05) is 47.4 Å². The number of amides is 3. The van der Waals surface area contributed by atoms with E-state index in [1.54, 1.807) is 14.2 Å². The van der Waals surface area contributed by atoms with Crippen molar-refractivity contribution in [1.29, 1.82) is 0 Å². The van der Waals surface area contributed by atoms with Gasteiger partial charge < -0.3 is 30.0 Å². The molecule has 1 aromatic heterocycles. The van der Waals surface area contributed by atoms with Gasteiger partial charge in [0.15, 0.2) is 11.5 Å². The highest BCUT2D eigenvalue weighted by Crippen LogP contribution is 2.29. The number of aliphatic hydroxyl groups is 1. The quantitative estimate of drug-likeness (QED) is 0.208. The molecular formula is C39H56N6O7S. The van der Waals surface area contributed by atoms with Crippen LogP contribution in [0.5, 0.6) is 16.6 Å². The lowest BCUT2D eigenvalue weighted by Gasteiger charge is -2.43. The number of rotatable bonds is 15. The summed E-state index contributed by atoms with van der Waals surface area (Å²) >= 11 is 1.24. The van der Waals surface area contributed by atoms with Crippen LogP contribution in [0.25, 0.3) is 0 Å². The topological polar surface area (TPSA) is 146 Å². The van der Waals surface area contributed by atoms with Crippen molar-refractivity contribution in [3.63, 3.8) is 0 Å². The third kappa shape index (κ3) is 11.9. The van der Waals surface area contributed by atoms with Crippen LogP contribution >= 0.6 is 11.3 Å². The Hall–Kier alpha value is -4.24. The minimum atomic E-state index is -1.05. The van der Waals surface area contributed by atoms with Gasteiger partial charge in [-0.25, -0.2) is 9.78 Å². The lowest BCUT2D eigenvalue weighted by atomic mass is 9.97. The number of hydrogen-bond acceptors (Lipinski definition) is 11. The summed E-state index contributed by atoms with van der Waals surface area (Å²) in [6.07, 6.45) is 0.0893. The SMILES string of the molecule is COc1ccc(CN2CCN(C[C@@H](O)[C@H](Cc3ccccc3)NC(=O)[C@H](C(C)C)N(C)C(=O)Oc3cnc(C)s3)[C@H](C(=O)NC(C)(C)C)C2)cc1OC. The summed E-state index contributed by atoms with van der Waals surface area (Å²) in [5.74, 6) is 0.461. The molecule has 3 aromatic rings. The van der Waals surface area contributed by atoms with Crippen molar-refractivity contribution in [3.05, 3.63) is 70.9 Å². The Labute approximate surface area is 317 Å². The Morgan fingerprint density at radius 1 is 1.04 bits per heavy atom. The second kappa shape index (κ2) is 18.7. The normalized spacial score (nSPS) is 17.1. The molecule has 2 aromatic carbocycles. The van der Waals surface area contributed by atoms with Gasteiger partial charge in [-0.15, -0.1) is 0 Å². The maximum atomic E-state index is 14.0. The molecule has 53 heavy (non-hydrogen) atoms. The first-order chi connectivity index (χ1) is 25.1. The first-order valence-corrected chi connectivity index (χ1v) is 18.8. The smallest absolute Gasteiger partial charge is 0.416 e. The zero-order chi connectivity index (χ0) is 38.9. The van der Waals surface area contributed by atoms with E-state index in [1.807, 2.05) is 95.0 Å². The third-order valence-electron chi connectivity index (χ3n) is 9.14. The maximum absolute atomic E-state index is 14.0. The van der Waals surface area contributed by atoms with Crippen molar-refractivity contribution in [1.82, 2.24) is 30.3 Å². The maximum Gasteiger partial charge on any atom is 0.416 e. The van der Waals surface area contributed by atoms with Crippen molar-refractivity contribution >= 4 is 29.2 Å². The summed E-state index contributed by atoms with van der Waals surface area (Å²) in [5.41, 5.74) is 1.48. The fourth-order valence-corrected chi connectivity index (χ4v) is 7.17. The average molecular weight is 753 g/mol. The fraction of sp³-hybridized carbons (Fsp3) is 0.538. The molecule has 0 bridgehead atoms. The molecule has 4 atom stereocenters. The number of methoxy groups -OCH3 is 2. The number of thiazole rings is 1. The van der Waals surface area contributed by atoms with Gasteiger partial charge in [0.05, 0.1) is 37.6 Å². The van der Waals surface area contributed by atoms with Gasteiger partial charge in [0.25, 0.3) is 0 Å². The lowest BCUT2D eigenvalue weighted by Crippen LogP contribution is -2.63. The molecule has 1 saturated heterocycles. The van der Waals surface area contributed by atoms with E-state index < -0.39 is 41.8 Å². The van der Waals surface area contributed by atoms with Gasteiger partial charge in [-0.1, -0.05) is 61.6 Å². The molecule has 1 fully saturated rings. The molecule has 1 aliphatic rings. The Morgan fingerprint density at radius 3 is 2.34 bits per heavy atom. The molecule has 0 radical (unpaired) electrons. The Morgan fingerprint density at radius 2 is 1.74 bits per heavy atom. The van der Waals surface area contributed by atoms with Crippen LogP contribution in [0.3, 0.4) is 0 Å². The molecule has 14 heteroatoms. The van der Waals surface area contributed by atoms with Crippen molar-refractivity contribution in [3.8, 4) is 16.6 Å². The van der Waals surface area contributed by atoms with E-state index in [0.29, 0.717) is 49.2 Å². The second-order valence-electron chi connectivity index (χ2n) is 14.9. The Balaban J connectivity index is 1.54. The first-order valence-electron chi connectivity index (χ1n) is 18.0. The van der Waals surface area contributed by atoms with Crippen LogP contribution in [0.4, 0.5) is 4.79 Å². The van der Waals surface area contributed by atoms with Crippen LogP contribution in [-0.4, -0.2) is 120 Å². The minimum absolute atomic E-state index is 0.138. The van der Waals surface area contributed by atoms with Crippen LogP contribution in [-0.2, 0) is 22.6 Å². The van der Waals surface area contributed by atoms with Crippen molar-refractivity contribution in [2.24, 2.45) is 5.92 Å². The second-order valence-corrected chi connectivity index (χ2v) is 16.1. The largest absolute Gasteiger partial charge is 0.493 e. The number of aliphatic hydroxyl groups excluding tert-OH is 1. The number of carbonyl (C=O) groups excluding carboxylic acids is 3. The van der Waals surface area contributed by atoms with E-state index in [4.69, 9.17) is 14.2 Å². The van der Waals surface area contributed by atoms with Crippen LogP contribution in [0, 0.1) is 12.8 Å². The summed E-state index contributed by atoms with van der Waals surface area (Å²) in [4.78, 5) is 50.7. The summed E-state index contributed by atoms with van der Waals surface area (Å²) in [7, 11) is 4.73. The summed E-state index contributed by atoms with van der Waals surface area (Å²) in [5, 5.41) is 19.2. The van der Waals surface area contributed by atoms with Gasteiger partial charge in [0.1, 0.15) is 12.1 Å². The van der Waals surface area contributed by atoms with E-state index in [-0.39, 0.29) is 18.4 Å². The predicted molar refractivity (Wildman–Crippen MR) is 205 cm³/mol. The number of ether oxygens (including phenoxy) is 3. The van der Waals surface area contributed by atoms with E-state index in [1.165, 1.54) is 29.5 Å². The molecule has 0 spiro atoms. The highest BCUT2D eigenvalue weighted by atomic mass is 32.1. The van der Waals surface area contributed by atoms with Gasteiger partial charge in [-0.05, 0) is 63.3 Å². The number of likely N-dealkylation sites (N-methyl/N-ethyl adjacent to an activating group) is 1. The molecule has 1 aliphatic heterocycles. The molecule has 3 amide bonds. The van der Waals surface area contributed by atoms with Crippen LogP contribution in [0.2, 0.25) is 0 Å². The molecule has 13 nitrogen and oxygen atoms in total. The predicted octanol–water partition coefficient (Wildman–Crippen LogP) is 4.11. The molecule has 0 saturated carbocycles. The third-order valence-corrected chi connectivity index (χ3v) is 9.93. The highest BCUT2D eigenvalue weighted by molar-refractivity contribution is 7.13. The molecule has 290 valence electrons. The van der Waals surface area contributed by atoms with Gasteiger partial charge >= 0.3 is 6.09 Å². The van der Waals surface area contributed by atoms with E-state index >= 15 is 0 Å². The summed E-state index contributed by atoms with van der Waals surface area (Å²) in [6.45, 7) is 13.7. The number of aryl methyl sites for hydroxylation is 1. The van der Waals surface area contributed by atoms with Crippen LogP contribution in [0.15, 0.2) is 54.7 Å². The number of aromatic nitrogens is 1. The van der Waals surface area contributed by atoms with Gasteiger partial charge in [-0.2, -0.15) is 0 Å². The minimum Gasteiger partial charge on any atom is -0.493 e. The van der Waals surface area contributed by atoms with E-state index in [2.05, 4.69) is 20.5 Å². The Bertz CT molecular complexity index is 1660. The number of piperazine rings is 1. The summed E-state index contributed by atoms with van der Waals surface area (Å²) < 4.78 is 16.4. The molecule has 2 heterocycles. The number of hydrogen-bond donors (Lipinski definition) is 3. The van der Waals surface area contributed by atoms with Gasteiger partial charge in [0, 0.05) is 45.3 Å². The number of nitrogens with one attached hydrogen (secondary N) is 2. The van der Waals surface area contributed by atoms with Crippen molar-refractivity contribution in [2.45, 2.75) is 84.3 Å².